The van der Waals surface area contributed by atoms with Gasteiger partial charge in [0.15, 0.2) is 5.69 Å². The maximum Gasteiger partial charge on any atom is 0.158 e. The van der Waals surface area contributed by atoms with E-state index in [4.69, 9.17) is 5.26 Å². The number of hydrogen-bond acceptors (Lipinski definition) is 5. The van der Waals surface area contributed by atoms with Crippen molar-refractivity contribution in [2.75, 3.05) is 38.6 Å². The lowest BCUT2D eigenvalue weighted by molar-refractivity contribution is 0.400. The molecule has 0 N–H and O–H groups in total. The third-order valence-electron chi connectivity index (χ3n) is 2.49. The second-order valence-electron chi connectivity index (χ2n) is 4.11. The van der Waals surface area contributed by atoms with Crippen molar-refractivity contribution in [1.29, 1.82) is 5.26 Å². The minimum absolute atomic E-state index is 0.359. The number of aromatic nitrogens is 2. The predicted octanol–water partition coefficient (Wildman–Crippen LogP) is 1.13. The average Bonchev–Trinajstić information content (AvgIpc) is 2.34. The lowest BCUT2D eigenvalue weighted by Crippen LogP contribution is -2.27. The number of anilines is 1. The highest BCUT2D eigenvalue weighted by molar-refractivity contribution is 5.36. The van der Waals surface area contributed by atoms with Crippen molar-refractivity contribution in [1.82, 2.24) is 14.9 Å². The molecule has 92 valence electrons. The maximum absolute atomic E-state index is 8.66. The fourth-order valence-electron chi connectivity index (χ4n) is 1.55. The average molecular weight is 233 g/mol. The first-order chi connectivity index (χ1) is 8.17. The zero-order valence-corrected chi connectivity index (χ0v) is 10.7. The molecule has 1 aromatic heterocycles. The smallest absolute Gasteiger partial charge is 0.158 e. The van der Waals surface area contributed by atoms with Gasteiger partial charge >= 0.3 is 0 Å². The molecule has 0 aliphatic rings. The van der Waals surface area contributed by atoms with Crippen LogP contribution in [0.3, 0.4) is 0 Å². The Morgan fingerprint density at radius 3 is 2.47 bits per heavy atom. The van der Waals surface area contributed by atoms with E-state index in [9.17, 15) is 0 Å². The molecule has 0 atom stereocenters. The highest BCUT2D eigenvalue weighted by Gasteiger charge is 2.06. The SMILES string of the molecule is CCN(CCCN(C)C)c1cnc(C#N)cn1. The molecule has 0 bridgehead atoms. The van der Waals surface area contributed by atoms with Crippen molar-refractivity contribution < 1.29 is 0 Å². The van der Waals surface area contributed by atoms with E-state index in [2.05, 4.69) is 40.8 Å². The van der Waals surface area contributed by atoms with Gasteiger partial charge in [0.1, 0.15) is 11.9 Å². The first-order valence-electron chi connectivity index (χ1n) is 5.79. The minimum atomic E-state index is 0.359. The fraction of sp³-hybridized carbons (Fsp3) is 0.583. The van der Waals surface area contributed by atoms with Crippen LogP contribution in [0.1, 0.15) is 19.0 Å². The number of nitrogens with zero attached hydrogens (tertiary/aromatic N) is 5. The molecule has 17 heavy (non-hydrogen) atoms. The molecule has 5 heteroatoms. The van der Waals surface area contributed by atoms with E-state index < -0.39 is 0 Å². The van der Waals surface area contributed by atoms with Gasteiger partial charge in [-0.2, -0.15) is 5.26 Å². The zero-order valence-electron chi connectivity index (χ0n) is 10.7. The van der Waals surface area contributed by atoms with Crippen LogP contribution in [0.5, 0.6) is 0 Å². The second-order valence-corrected chi connectivity index (χ2v) is 4.11. The quantitative estimate of drug-likeness (QED) is 0.737. The molecule has 0 fully saturated rings. The van der Waals surface area contributed by atoms with E-state index in [0.717, 1.165) is 31.9 Å². The molecule has 0 amide bonds. The van der Waals surface area contributed by atoms with E-state index in [-0.39, 0.29) is 0 Å². The van der Waals surface area contributed by atoms with Gasteiger partial charge in [-0.15, -0.1) is 0 Å². The van der Waals surface area contributed by atoms with Crippen LogP contribution in [0.15, 0.2) is 12.4 Å². The molecule has 0 unspecified atom stereocenters. The van der Waals surface area contributed by atoms with Crippen LogP contribution in [0.2, 0.25) is 0 Å². The van der Waals surface area contributed by atoms with Gasteiger partial charge in [0.2, 0.25) is 0 Å². The van der Waals surface area contributed by atoms with Crippen LogP contribution in [0, 0.1) is 11.3 Å². The third kappa shape index (κ3) is 4.37. The first-order valence-corrected chi connectivity index (χ1v) is 5.79. The summed E-state index contributed by atoms with van der Waals surface area (Å²) in [4.78, 5) is 12.6. The molecular weight excluding hydrogens is 214 g/mol. The van der Waals surface area contributed by atoms with Gasteiger partial charge < -0.3 is 9.80 Å². The number of nitriles is 1. The Bertz CT molecular complexity index is 365. The first kappa shape index (κ1) is 13.4. The van der Waals surface area contributed by atoms with Crippen molar-refractivity contribution in [3.63, 3.8) is 0 Å². The van der Waals surface area contributed by atoms with Gasteiger partial charge in [-0.3, -0.25) is 0 Å². The molecule has 0 aliphatic carbocycles. The van der Waals surface area contributed by atoms with Crippen molar-refractivity contribution in [2.24, 2.45) is 0 Å². The van der Waals surface area contributed by atoms with Crippen molar-refractivity contribution >= 4 is 5.82 Å². The Kier molecular flexibility index (Phi) is 5.37. The molecule has 0 saturated carbocycles. The summed E-state index contributed by atoms with van der Waals surface area (Å²) in [5.41, 5.74) is 0.359. The highest BCUT2D eigenvalue weighted by Crippen LogP contribution is 2.08. The van der Waals surface area contributed by atoms with E-state index in [1.54, 1.807) is 6.20 Å². The number of rotatable bonds is 6. The Hall–Kier alpha value is -1.67. The topological polar surface area (TPSA) is 56.0 Å². The fourth-order valence-corrected chi connectivity index (χ4v) is 1.55. The standard InChI is InChI=1S/C12H19N5/c1-4-17(7-5-6-16(2)3)12-10-14-11(8-13)9-15-12/h9-10H,4-7H2,1-3H3. The van der Waals surface area contributed by atoms with Gasteiger partial charge in [-0.1, -0.05) is 0 Å². The Morgan fingerprint density at radius 1 is 1.24 bits per heavy atom. The monoisotopic (exact) mass is 233 g/mol. The molecule has 0 aromatic carbocycles. The van der Waals surface area contributed by atoms with E-state index in [1.165, 1.54) is 6.20 Å². The summed E-state index contributed by atoms with van der Waals surface area (Å²) < 4.78 is 0. The van der Waals surface area contributed by atoms with Crippen LogP contribution in [0.4, 0.5) is 5.82 Å². The Balaban J connectivity index is 2.57. The lowest BCUT2D eigenvalue weighted by atomic mass is 10.3. The molecule has 1 aromatic rings. The van der Waals surface area contributed by atoms with Crippen LogP contribution >= 0.6 is 0 Å². The van der Waals surface area contributed by atoms with Crippen LogP contribution in [-0.2, 0) is 0 Å². The summed E-state index contributed by atoms with van der Waals surface area (Å²) >= 11 is 0. The Morgan fingerprint density at radius 2 is 2.00 bits per heavy atom. The summed E-state index contributed by atoms with van der Waals surface area (Å²) in [5, 5.41) is 8.66. The Labute approximate surface area is 103 Å². The third-order valence-corrected chi connectivity index (χ3v) is 2.49. The van der Waals surface area contributed by atoms with Crippen LogP contribution < -0.4 is 4.90 Å². The number of hydrogen-bond donors (Lipinski definition) is 0. The van der Waals surface area contributed by atoms with E-state index in [1.807, 2.05) is 6.07 Å². The normalized spacial score (nSPS) is 10.3. The molecule has 0 aliphatic heterocycles. The summed E-state index contributed by atoms with van der Waals surface area (Å²) in [7, 11) is 4.13. The van der Waals surface area contributed by atoms with E-state index >= 15 is 0 Å². The van der Waals surface area contributed by atoms with Crippen molar-refractivity contribution in [2.45, 2.75) is 13.3 Å². The predicted molar refractivity (Wildman–Crippen MR) is 67.8 cm³/mol. The zero-order chi connectivity index (χ0) is 12.7. The van der Waals surface area contributed by atoms with Gasteiger partial charge in [0.05, 0.1) is 12.4 Å². The minimum Gasteiger partial charge on any atom is -0.356 e. The van der Waals surface area contributed by atoms with Crippen molar-refractivity contribution in [3.05, 3.63) is 18.1 Å². The molecule has 0 saturated heterocycles. The summed E-state index contributed by atoms with van der Waals surface area (Å²) in [6.07, 6.45) is 4.27. The molecule has 0 spiro atoms. The van der Waals surface area contributed by atoms with Crippen LogP contribution in [-0.4, -0.2) is 48.6 Å². The van der Waals surface area contributed by atoms with Crippen LogP contribution in [0.25, 0.3) is 0 Å². The molecule has 0 radical (unpaired) electrons. The molecule has 1 heterocycles. The van der Waals surface area contributed by atoms with Gasteiger partial charge in [-0.25, -0.2) is 9.97 Å². The summed E-state index contributed by atoms with van der Waals surface area (Å²) in [6, 6.07) is 1.97. The largest absolute Gasteiger partial charge is 0.356 e. The maximum atomic E-state index is 8.66. The second kappa shape index (κ2) is 6.81. The highest BCUT2D eigenvalue weighted by atomic mass is 15.2. The lowest BCUT2D eigenvalue weighted by Gasteiger charge is -2.22. The summed E-state index contributed by atoms with van der Waals surface area (Å²) in [5.74, 6) is 0.838. The molecule has 5 nitrogen and oxygen atoms in total. The molecular formula is C12H19N5. The van der Waals surface area contributed by atoms with Gasteiger partial charge in [0, 0.05) is 13.1 Å². The van der Waals surface area contributed by atoms with Gasteiger partial charge in [-0.05, 0) is 34.0 Å². The van der Waals surface area contributed by atoms with Gasteiger partial charge in [0.25, 0.3) is 0 Å². The molecule has 1 rings (SSSR count). The summed E-state index contributed by atoms with van der Waals surface area (Å²) in [6.45, 7) is 5.00. The van der Waals surface area contributed by atoms with E-state index in [0.29, 0.717) is 5.69 Å². The van der Waals surface area contributed by atoms with Crippen molar-refractivity contribution in [3.8, 4) is 6.07 Å².